The van der Waals surface area contributed by atoms with Gasteiger partial charge in [0.15, 0.2) is 0 Å². The molecule has 1 fully saturated rings. The molecule has 0 spiro atoms. The number of likely N-dealkylation sites (tertiary alicyclic amines) is 1. The fourth-order valence-electron chi connectivity index (χ4n) is 4.12. The van der Waals surface area contributed by atoms with Gasteiger partial charge in [-0.25, -0.2) is 0 Å². The van der Waals surface area contributed by atoms with E-state index in [0.717, 1.165) is 55.1 Å². The van der Waals surface area contributed by atoms with Crippen LogP contribution in [-0.2, 0) is 11.2 Å². The van der Waals surface area contributed by atoms with Gasteiger partial charge in [0.05, 0.1) is 12.8 Å². The van der Waals surface area contributed by atoms with Gasteiger partial charge in [-0.2, -0.15) is 0 Å². The molecule has 154 valence electrons. The lowest BCUT2D eigenvalue weighted by Gasteiger charge is -2.32. The quantitative estimate of drug-likeness (QED) is 0.578. The third-order valence-corrected chi connectivity index (χ3v) is 5.80. The number of nitrogens with zero attached hydrogens (tertiary/aromatic N) is 2. The van der Waals surface area contributed by atoms with Gasteiger partial charge in [0.2, 0.25) is 5.91 Å². The summed E-state index contributed by atoms with van der Waals surface area (Å²) in [5.74, 6) is 1.35. The average molecular weight is 401 g/mol. The summed E-state index contributed by atoms with van der Waals surface area (Å²) < 4.78 is 5.35. The number of amides is 1. The maximum absolute atomic E-state index is 12.8. The minimum Gasteiger partial charge on any atom is -0.497 e. The van der Waals surface area contributed by atoms with Crippen molar-refractivity contribution in [1.29, 1.82) is 0 Å². The third kappa shape index (κ3) is 4.88. The molecule has 3 aromatic rings. The van der Waals surface area contributed by atoms with Crippen molar-refractivity contribution in [2.75, 3.05) is 20.2 Å². The van der Waals surface area contributed by atoms with E-state index in [1.807, 2.05) is 47.4 Å². The Hall–Kier alpha value is -3.14. The second-order valence-corrected chi connectivity index (χ2v) is 7.84. The average Bonchev–Trinajstić information content (AvgIpc) is 2.83. The van der Waals surface area contributed by atoms with Gasteiger partial charge in [0.25, 0.3) is 0 Å². The predicted octanol–water partition coefficient (Wildman–Crippen LogP) is 5.10. The number of hydrogen-bond acceptors (Lipinski definition) is 3. The number of carbonyl (C=O) groups excluding carboxylic acids is 1. The van der Waals surface area contributed by atoms with E-state index in [4.69, 9.17) is 9.72 Å². The maximum atomic E-state index is 12.8. The van der Waals surface area contributed by atoms with Crippen LogP contribution in [0.4, 0.5) is 0 Å². The molecule has 1 amide bonds. The summed E-state index contributed by atoms with van der Waals surface area (Å²) in [5, 5.41) is 0. The zero-order chi connectivity index (χ0) is 20.8. The number of hydrogen-bond donors (Lipinski definition) is 0. The number of aryl methyl sites for hydroxylation is 1. The van der Waals surface area contributed by atoms with E-state index in [9.17, 15) is 4.79 Å². The number of pyridine rings is 1. The largest absolute Gasteiger partial charge is 0.497 e. The molecule has 1 atom stereocenters. The lowest BCUT2D eigenvalue weighted by Crippen LogP contribution is -2.39. The van der Waals surface area contributed by atoms with E-state index < -0.39 is 0 Å². The highest BCUT2D eigenvalue weighted by Crippen LogP contribution is 2.29. The van der Waals surface area contributed by atoms with Crippen LogP contribution in [0.2, 0.25) is 0 Å². The molecule has 4 rings (SSSR count). The summed E-state index contributed by atoms with van der Waals surface area (Å²) in [5.41, 5.74) is 4.27. The summed E-state index contributed by atoms with van der Waals surface area (Å²) in [4.78, 5) is 19.8. The molecule has 2 heterocycles. The molecular formula is C26H28N2O2. The zero-order valence-electron chi connectivity index (χ0n) is 17.5. The number of methoxy groups -OCH3 is 1. The Kier molecular flexibility index (Phi) is 6.43. The fourth-order valence-corrected chi connectivity index (χ4v) is 4.12. The number of carbonyl (C=O) groups is 1. The normalized spacial score (nSPS) is 16.3. The van der Waals surface area contributed by atoms with E-state index in [1.54, 1.807) is 7.11 Å². The lowest BCUT2D eigenvalue weighted by atomic mass is 9.93. The van der Waals surface area contributed by atoms with Gasteiger partial charge < -0.3 is 9.64 Å². The summed E-state index contributed by atoms with van der Waals surface area (Å²) >= 11 is 0. The topological polar surface area (TPSA) is 42.4 Å². The first-order chi connectivity index (χ1) is 14.7. The summed E-state index contributed by atoms with van der Waals surface area (Å²) in [6, 6.07) is 24.4. The molecule has 1 aliphatic rings. The van der Waals surface area contributed by atoms with Crippen LogP contribution in [-0.4, -0.2) is 36.0 Å². The number of benzene rings is 2. The first kappa shape index (κ1) is 20.1. The van der Waals surface area contributed by atoms with Crippen LogP contribution in [0.5, 0.6) is 5.75 Å². The highest BCUT2D eigenvalue weighted by Gasteiger charge is 2.25. The van der Waals surface area contributed by atoms with E-state index >= 15 is 0 Å². The van der Waals surface area contributed by atoms with Gasteiger partial charge in [-0.15, -0.1) is 0 Å². The van der Waals surface area contributed by atoms with Gasteiger partial charge in [-0.05, 0) is 49.1 Å². The smallest absolute Gasteiger partial charge is 0.222 e. The molecule has 30 heavy (non-hydrogen) atoms. The number of aromatic nitrogens is 1. The Bertz CT molecular complexity index is 987. The second-order valence-electron chi connectivity index (χ2n) is 7.84. The van der Waals surface area contributed by atoms with E-state index in [2.05, 4.69) is 30.3 Å². The van der Waals surface area contributed by atoms with Crippen LogP contribution in [0.1, 0.15) is 36.4 Å². The molecule has 0 aliphatic carbocycles. The Morgan fingerprint density at radius 1 is 1.07 bits per heavy atom. The summed E-state index contributed by atoms with van der Waals surface area (Å²) in [6.45, 7) is 1.60. The van der Waals surface area contributed by atoms with Gasteiger partial charge in [0.1, 0.15) is 5.75 Å². The van der Waals surface area contributed by atoms with Crippen molar-refractivity contribution in [3.05, 3.63) is 84.1 Å². The van der Waals surface area contributed by atoms with Gasteiger partial charge >= 0.3 is 0 Å². The lowest BCUT2D eigenvalue weighted by molar-refractivity contribution is -0.132. The Labute approximate surface area is 178 Å². The van der Waals surface area contributed by atoms with Gasteiger partial charge in [-0.1, -0.05) is 48.5 Å². The molecule has 4 nitrogen and oxygen atoms in total. The maximum Gasteiger partial charge on any atom is 0.222 e. The first-order valence-electron chi connectivity index (χ1n) is 10.7. The SMILES string of the molecule is COc1cccc(-c2cccc([C@H]3CCCN(C(=O)CCc4ccccc4)C3)n2)c1. The molecule has 1 saturated heterocycles. The number of rotatable bonds is 6. The van der Waals surface area contributed by atoms with E-state index in [1.165, 1.54) is 5.56 Å². The van der Waals surface area contributed by atoms with E-state index in [0.29, 0.717) is 6.42 Å². The Balaban J connectivity index is 1.43. The molecule has 4 heteroatoms. The highest BCUT2D eigenvalue weighted by atomic mass is 16.5. The van der Waals surface area contributed by atoms with Crippen molar-refractivity contribution in [2.24, 2.45) is 0 Å². The molecular weight excluding hydrogens is 372 g/mol. The van der Waals surface area contributed by atoms with E-state index in [-0.39, 0.29) is 11.8 Å². The number of piperidine rings is 1. The second kappa shape index (κ2) is 9.57. The predicted molar refractivity (Wildman–Crippen MR) is 120 cm³/mol. The molecule has 2 aromatic carbocycles. The van der Waals surface area contributed by atoms with Crippen LogP contribution in [0.25, 0.3) is 11.3 Å². The van der Waals surface area contributed by atoms with Gasteiger partial charge in [-0.3, -0.25) is 9.78 Å². The molecule has 1 aliphatic heterocycles. The molecule has 0 radical (unpaired) electrons. The number of ether oxygens (including phenoxy) is 1. The standard InChI is InChI=1S/C26H28N2O2/c1-30-23-12-5-10-21(18-23)24-13-6-14-25(27-24)22-11-7-17-28(19-22)26(29)16-15-20-8-3-2-4-9-20/h2-6,8-10,12-14,18,22H,7,11,15-17,19H2,1H3/t22-/m0/s1. The van der Waals surface area contributed by atoms with Crippen molar-refractivity contribution in [3.63, 3.8) is 0 Å². The van der Waals surface area contributed by atoms with Crippen LogP contribution >= 0.6 is 0 Å². The van der Waals surface area contributed by atoms with Crippen molar-refractivity contribution >= 4 is 5.91 Å². The van der Waals surface area contributed by atoms with Crippen LogP contribution in [0.15, 0.2) is 72.8 Å². The van der Waals surface area contributed by atoms with Crippen LogP contribution in [0.3, 0.4) is 0 Å². The van der Waals surface area contributed by atoms with Crippen molar-refractivity contribution in [2.45, 2.75) is 31.6 Å². The van der Waals surface area contributed by atoms with Crippen LogP contribution in [0, 0.1) is 0 Å². The highest BCUT2D eigenvalue weighted by molar-refractivity contribution is 5.76. The Morgan fingerprint density at radius 3 is 2.73 bits per heavy atom. The third-order valence-electron chi connectivity index (χ3n) is 5.80. The first-order valence-corrected chi connectivity index (χ1v) is 10.7. The fraction of sp³-hybridized carbons (Fsp3) is 0.308. The summed E-state index contributed by atoms with van der Waals surface area (Å²) in [7, 11) is 1.67. The molecule has 0 unspecified atom stereocenters. The van der Waals surface area contributed by atoms with Crippen molar-refractivity contribution in [1.82, 2.24) is 9.88 Å². The molecule has 0 N–H and O–H groups in total. The monoisotopic (exact) mass is 400 g/mol. The van der Waals surface area contributed by atoms with Crippen molar-refractivity contribution in [3.8, 4) is 17.0 Å². The Morgan fingerprint density at radius 2 is 1.90 bits per heavy atom. The minimum absolute atomic E-state index is 0.243. The molecule has 1 aromatic heterocycles. The summed E-state index contributed by atoms with van der Waals surface area (Å²) in [6.07, 6.45) is 3.45. The molecule has 0 saturated carbocycles. The molecule has 0 bridgehead atoms. The minimum atomic E-state index is 0.243. The van der Waals surface area contributed by atoms with Crippen LogP contribution < -0.4 is 4.74 Å². The van der Waals surface area contributed by atoms with Crippen molar-refractivity contribution < 1.29 is 9.53 Å². The zero-order valence-corrected chi connectivity index (χ0v) is 17.5. The van der Waals surface area contributed by atoms with Gasteiger partial charge in [0, 0.05) is 36.7 Å².